The highest BCUT2D eigenvalue weighted by Gasteiger charge is 2.29. The lowest BCUT2D eigenvalue weighted by atomic mass is 10.0. The molecule has 1 saturated heterocycles. The largest absolute Gasteiger partial charge is 0.367 e. The number of nitrogens with zero attached hydrogens (tertiary/aromatic N) is 1. The molecule has 2 rings (SSSR count). The van der Waals surface area contributed by atoms with Gasteiger partial charge in [-0.15, -0.1) is 0 Å². The van der Waals surface area contributed by atoms with E-state index < -0.39 is 0 Å². The zero-order chi connectivity index (χ0) is 13.3. The van der Waals surface area contributed by atoms with E-state index in [0.717, 1.165) is 13.1 Å². The first-order valence-corrected chi connectivity index (χ1v) is 6.98. The number of anilines is 1. The second-order valence-electron chi connectivity index (χ2n) is 6.32. The molecule has 0 saturated carbocycles. The van der Waals surface area contributed by atoms with Crippen LogP contribution >= 0.6 is 0 Å². The van der Waals surface area contributed by atoms with Crippen molar-refractivity contribution in [3.63, 3.8) is 0 Å². The van der Waals surface area contributed by atoms with E-state index in [1.165, 1.54) is 23.2 Å². The molecule has 100 valence electrons. The highest BCUT2D eigenvalue weighted by Crippen LogP contribution is 2.29. The second kappa shape index (κ2) is 4.93. The molecule has 2 heteroatoms. The summed E-state index contributed by atoms with van der Waals surface area (Å²) >= 11 is 0. The molecular weight excluding hydrogens is 220 g/mol. The van der Waals surface area contributed by atoms with Crippen LogP contribution in [0.2, 0.25) is 0 Å². The molecule has 1 N–H and O–H groups in total. The molecule has 0 amide bonds. The molecule has 1 aliphatic heterocycles. The van der Waals surface area contributed by atoms with Crippen molar-refractivity contribution in [2.75, 3.05) is 18.0 Å². The average molecular weight is 246 g/mol. The lowest BCUT2D eigenvalue weighted by Gasteiger charge is -2.36. The van der Waals surface area contributed by atoms with Gasteiger partial charge in [0, 0.05) is 23.8 Å². The molecule has 1 aromatic carbocycles. The molecular formula is C16H26N2. The molecule has 0 aromatic heterocycles. The minimum atomic E-state index is 0.180. The molecule has 0 spiro atoms. The van der Waals surface area contributed by atoms with E-state index in [-0.39, 0.29) is 5.54 Å². The van der Waals surface area contributed by atoms with Crippen LogP contribution in [-0.4, -0.2) is 24.7 Å². The van der Waals surface area contributed by atoms with Gasteiger partial charge in [-0.25, -0.2) is 0 Å². The average Bonchev–Trinajstić information content (AvgIpc) is 2.38. The summed E-state index contributed by atoms with van der Waals surface area (Å²) in [7, 11) is 0. The Hall–Kier alpha value is -1.02. The maximum absolute atomic E-state index is 3.65. The van der Waals surface area contributed by atoms with Crippen LogP contribution in [0.5, 0.6) is 0 Å². The molecule has 1 aliphatic rings. The van der Waals surface area contributed by atoms with E-state index in [1.54, 1.807) is 0 Å². The van der Waals surface area contributed by atoms with E-state index in [9.17, 15) is 0 Å². The first kappa shape index (κ1) is 13.4. The van der Waals surface area contributed by atoms with Crippen molar-refractivity contribution < 1.29 is 0 Å². The van der Waals surface area contributed by atoms with Crippen LogP contribution in [0.25, 0.3) is 0 Å². The van der Waals surface area contributed by atoms with Crippen molar-refractivity contribution in [3.8, 4) is 0 Å². The third kappa shape index (κ3) is 2.69. The predicted molar refractivity (Wildman–Crippen MR) is 79.4 cm³/mol. The second-order valence-corrected chi connectivity index (χ2v) is 6.32. The molecule has 0 bridgehead atoms. The number of rotatable bonds is 1. The molecule has 2 nitrogen and oxygen atoms in total. The zero-order valence-electron chi connectivity index (χ0n) is 12.4. The summed E-state index contributed by atoms with van der Waals surface area (Å²) in [5, 5.41) is 3.65. The topological polar surface area (TPSA) is 15.3 Å². The van der Waals surface area contributed by atoms with Crippen LogP contribution in [0.1, 0.15) is 38.3 Å². The zero-order valence-corrected chi connectivity index (χ0v) is 12.4. The van der Waals surface area contributed by atoms with E-state index in [1.807, 2.05) is 0 Å². The fraction of sp³-hybridized carbons (Fsp3) is 0.625. The molecule has 0 radical (unpaired) electrons. The van der Waals surface area contributed by atoms with Crippen LogP contribution in [0.3, 0.4) is 0 Å². The molecule has 1 fully saturated rings. The molecule has 1 aromatic rings. The molecule has 1 atom stereocenters. The van der Waals surface area contributed by atoms with Gasteiger partial charge in [0.2, 0.25) is 0 Å². The first-order valence-electron chi connectivity index (χ1n) is 6.98. The van der Waals surface area contributed by atoms with Crippen molar-refractivity contribution in [3.05, 3.63) is 29.3 Å². The minimum Gasteiger partial charge on any atom is -0.367 e. The van der Waals surface area contributed by atoms with Gasteiger partial charge in [0.25, 0.3) is 0 Å². The van der Waals surface area contributed by atoms with E-state index in [2.05, 4.69) is 63.0 Å². The Morgan fingerprint density at radius 1 is 1.22 bits per heavy atom. The van der Waals surface area contributed by atoms with E-state index in [0.29, 0.717) is 6.04 Å². The first-order chi connectivity index (χ1) is 8.41. The van der Waals surface area contributed by atoms with Gasteiger partial charge in [0.1, 0.15) is 0 Å². The summed E-state index contributed by atoms with van der Waals surface area (Å²) in [5.74, 6) is 0. The quantitative estimate of drug-likeness (QED) is 0.818. The van der Waals surface area contributed by atoms with Crippen LogP contribution in [-0.2, 0) is 0 Å². The van der Waals surface area contributed by atoms with Gasteiger partial charge < -0.3 is 10.2 Å². The molecule has 0 aliphatic carbocycles. The SMILES string of the molecule is Cc1cccc(C)c1N1CC(C)(C)NCCC1C. The maximum atomic E-state index is 3.65. The summed E-state index contributed by atoms with van der Waals surface area (Å²) in [6, 6.07) is 7.19. The van der Waals surface area contributed by atoms with Crippen molar-refractivity contribution in [2.45, 2.75) is 52.6 Å². The Morgan fingerprint density at radius 2 is 1.83 bits per heavy atom. The number of aryl methyl sites for hydroxylation is 2. The van der Waals surface area contributed by atoms with Crippen LogP contribution in [0.4, 0.5) is 5.69 Å². The van der Waals surface area contributed by atoms with Crippen molar-refractivity contribution in [2.24, 2.45) is 0 Å². The summed E-state index contributed by atoms with van der Waals surface area (Å²) in [4.78, 5) is 2.59. The summed E-state index contributed by atoms with van der Waals surface area (Å²) < 4.78 is 0. The highest BCUT2D eigenvalue weighted by molar-refractivity contribution is 5.60. The third-order valence-electron chi connectivity index (χ3n) is 3.99. The van der Waals surface area contributed by atoms with Crippen LogP contribution in [0, 0.1) is 13.8 Å². The van der Waals surface area contributed by atoms with Gasteiger partial charge in [-0.1, -0.05) is 18.2 Å². The molecule has 1 heterocycles. The van der Waals surface area contributed by atoms with Crippen LogP contribution < -0.4 is 10.2 Å². The Balaban J connectivity index is 2.40. The van der Waals surface area contributed by atoms with Crippen molar-refractivity contribution >= 4 is 5.69 Å². The molecule has 18 heavy (non-hydrogen) atoms. The third-order valence-corrected chi connectivity index (χ3v) is 3.99. The molecule has 1 unspecified atom stereocenters. The van der Waals surface area contributed by atoms with Gasteiger partial charge in [-0.05, 0) is 58.7 Å². The smallest absolute Gasteiger partial charge is 0.0428 e. The minimum absolute atomic E-state index is 0.180. The number of nitrogens with one attached hydrogen (secondary N) is 1. The fourth-order valence-electron chi connectivity index (χ4n) is 2.97. The Morgan fingerprint density at radius 3 is 2.44 bits per heavy atom. The van der Waals surface area contributed by atoms with Gasteiger partial charge >= 0.3 is 0 Å². The normalized spacial score (nSPS) is 23.8. The number of benzene rings is 1. The predicted octanol–water partition coefficient (Wildman–Crippen LogP) is 3.27. The summed E-state index contributed by atoms with van der Waals surface area (Å²) in [5.41, 5.74) is 4.39. The number of hydrogen-bond acceptors (Lipinski definition) is 2. The fourth-order valence-corrected chi connectivity index (χ4v) is 2.97. The monoisotopic (exact) mass is 246 g/mol. The lowest BCUT2D eigenvalue weighted by Crippen LogP contribution is -2.48. The van der Waals surface area contributed by atoms with Crippen LogP contribution in [0.15, 0.2) is 18.2 Å². The number of para-hydroxylation sites is 1. The van der Waals surface area contributed by atoms with Gasteiger partial charge in [0.05, 0.1) is 0 Å². The van der Waals surface area contributed by atoms with Gasteiger partial charge in [0.15, 0.2) is 0 Å². The van der Waals surface area contributed by atoms with Gasteiger partial charge in [-0.2, -0.15) is 0 Å². The van der Waals surface area contributed by atoms with Crippen molar-refractivity contribution in [1.29, 1.82) is 0 Å². The van der Waals surface area contributed by atoms with Crippen molar-refractivity contribution in [1.82, 2.24) is 5.32 Å². The summed E-state index contributed by atoms with van der Waals surface area (Å²) in [6.07, 6.45) is 1.21. The van der Waals surface area contributed by atoms with Gasteiger partial charge in [-0.3, -0.25) is 0 Å². The number of hydrogen-bond donors (Lipinski definition) is 1. The Kier molecular flexibility index (Phi) is 3.67. The highest BCUT2D eigenvalue weighted by atomic mass is 15.2. The lowest BCUT2D eigenvalue weighted by molar-refractivity contribution is 0.415. The summed E-state index contributed by atoms with van der Waals surface area (Å²) in [6.45, 7) is 13.6. The standard InChI is InChI=1S/C16H26N2/c1-12-7-6-8-13(2)15(12)18-11-16(4,5)17-10-9-14(18)3/h6-8,14,17H,9-11H2,1-5H3. The van der Waals surface area contributed by atoms with E-state index in [4.69, 9.17) is 0 Å². The van der Waals surface area contributed by atoms with E-state index >= 15 is 0 Å². The Bertz CT molecular complexity index is 403. The maximum Gasteiger partial charge on any atom is 0.0428 e. The Labute approximate surface area is 111 Å².